The molecule has 0 saturated carbocycles. The van der Waals surface area contributed by atoms with Crippen LogP contribution in [0.2, 0.25) is 0 Å². The lowest BCUT2D eigenvalue weighted by molar-refractivity contribution is 0.135. The van der Waals surface area contributed by atoms with Crippen LogP contribution in [0.25, 0.3) is 0 Å². The van der Waals surface area contributed by atoms with Crippen LogP contribution in [0.1, 0.15) is 149 Å². The van der Waals surface area contributed by atoms with Gasteiger partial charge in [-0.15, -0.1) is 0 Å². The topological polar surface area (TPSA) is 6.48 Å². The lowest BCUT2D eigenvalue weighted by Gasteiger charge is -2.33. The molecule has 0 saturated heterocycles. The van der Waals surface area contributed by atoms with Gasteiger partial charge in [-0.2, -0.15) is 0 Å². The summed E-state index contributed by atoms with van der Waals surface area (Å²) in [5.74, 6) is 0. The van der Waals surface area contributed by atoms with Gasteiger partial charge in [-0.1, -0.05) is 124 Å². The first-order valence-electron chi connectivity index (χ1n) is 14.0. The van der Waals surface area contributed by atoms with Crippen molar-refractivity contribution in [3.05, 3.63) is 12.4 Å². The third kappa shape index (κ3) is 13.6. The molecule has 0 bridgehead atoms. The third-order valence-corrected chi connectivity index (χ3v) is 6.82. The molecule has 2 heteroatoms. The molecular weight excluding hydrogens is 364 g/mol. The summed E-state index contributed by atoms with van der Waals surface area (Å²) in [7, 11) is 0. The van der Waals surface area contributed by atoms with Crippen LogP contribution >= 0.6 is 0 Å². The van der Waals surface area contributed by atoms with Crippen molar-refractivity contribution >= 4 is 0 Å². The molecule has 30 heavy (non-hydrogen) atoms. The van der Waals surface area contributed by atoms with Gasteiger partial charge in [-0.05, 0) is 25.7 Å². The molecule has 0 N–H and O–H groups in total. The predicted octanol–water partition coefficient (Wildman–Crippen LogP) is 9.26. The van der Waals surface area contributed by atoms with Crippen molar-refractivity contribution in [3.63, 3.8) is 0 Å². The number of nitrogens with zero attached hydrogens (tertiary/aromatic N) is 2. The molecule has 1 heterocycles. The minimum atomic E-state index is 0.645. The fourth-order valence-corrected chi connectivity index (χ4v) is 4.77. The van der Waals surface area contributed by atoms with E-state index in [0.717, 1.165) is 0 Å². The fraction of sp³-hybridized carbons (Fsp3) is 0.929. The van der Waals surface area contributed by atoms with Crippen molar-refractivity contribution in [1.82, 2.24) is 9.80 Å². The fourth-order valence-electron chi connectivity index (χ4n) is 4.77. The molecule has 1 unspecified atom stereocenters. The van der Waals surface area contributed by atoms with E-state index in [1.807, 2.05) is 0 Å². The molecule has 0 spiro atoms. The summed E-state index contributed by atoms with van der Waals surface area (Å²) in [6.45, 7) is 9.42. The summed E-state index contributed by atoms with van der Waals surface area (Å²) in [5, 5.41) is 0. The highest BCUT2D eigenvalue weighted by Gasteiger charge is 2.24. The maximum absolute atomic E-state index is 2.65. The monoisotopic (exact) mass is 420 g/mol. The Morgan fingerprint density at radius 1 is 0.433 bits per heavy atom. The highest BCUT2D eigenvalue weighted by Crippen LogP contribution is 2.23. The molecule has 0 amide bonds. The molecule has 0 radical (unpaired) electrons. The van der Waals surface area contributed by atoms with Gasteiger partial charge in [0.25, 0.3) is 0 Å². The summed E-state index contributed by atoms with van der Waals surface area (Å²) in [5.41, 5.74) is 0. The SMILES string of the molecule is CCCCCCCCCCCCCCC1N(CCCCC)C=CN1CCCCCC. The number of rotatable bonds is 22. The van der Waals surface area contributed by atoms with Gasteiger partial charge < -0.3 is 9.80 Å². The van der Waals surface area contributed by atoms with Gasteiger partial charge in [-0.3, -0.25) is 0 Å². The molecule has 0 aromatic heterocycles. The summed E-state index contributed by atoms with van der Waals surface area (Å²) >= 11 is 0. The lowest BCUT2D eigenvalue weighted by atomic mass is 10.0. The average molecular weight is 421 g/mol. The molecule has 0 fully saturated rings. The van der Waals surface area contributed by atoms with Gasteiger partial charge in [0.1, 0.15) is 6.17 Å². The standard InChI is InChI=1S/C28H56N2/c1-4-7-10-12-13-14-15-16-17-18-19-20-23-28-29(24-21-9-6-3)26-27-30(28)25-22-11-8-5-2/h26-28H,4-25H2,1-3H3. The van der Waals surface area contributed by atoms with Gasteiger partial charge in [0.15, 0.2) is 0 Å². The highest BCUT2D eigenvalue weighted by molar-refractivity contribution is 4.96. The molecule has 1 aliphatic rings. The first kappa shape index (κ1) is 27.4. The van der Waals surface area contributed by atoms with Gasteiger partial charge >= 0.3 is 0 Å². The minimum Gasteiger partial charge on any atom is -0.356 e. The zero-order valence-electron chi connectivity index (χ0n) is 21.2. The Bertz CT molecular complexity index is 379. The molecule has 1 rings (SSSR count). The Morgan fingerprint density at radius 2 is 0.767 bits per heavy atom. The predicted molar refractivity (Wildman–Crippen MR) is 136 cm³/mol. The van der Waals surface area contributed by atoms with E-state index >= 15 is 0 Å². The van der Waals surface area contributed by atoms with E-state index < -0.39 is 0 Å². The molecule has 0 aromatic carbocycles. The van der Waals surface area contributed by atoms with Crippen LogP contribution in [0.3, 0.4) is 0 Å². The van der Waals surface area contributed by atoms with E-state index in [-0.39, 0.29) is 0 Å². The third-order valence-electron chi connectivity index (χ3n) is 6.82. The van der Waals surface area contributed by atoms with Crippen molar-refractivity contribution in [1.29, 1.82) is 0 Å². The Balaban J connectivity index is 2.14. The van der Waals surface area contributed by atoms with E-state index in [9.17, 15) is 0 Å². The van der Waals surface area contributed by atoms with Gasteiger partial charge in [0.2, 0.25) is 0 Å². The Hall–Kier alpha value is -0.660. The second kappa shape index (κ2) is 20.3. The van der Waals surface area contributed by atoms with Crippen molar-refractivity contribution in [2.24, 2.45) is 0 Å². The number of hydrogen-bond donors (Lipinski definition) is 0. The van der Waals surface area contributed by atoms with E-state index in [4.69, 9.17) is 0 Å². The second-order valence-electron chi connectivity index (χ2n) is 9.70. The van der Waals surface area contributed by atoms with Crippen molar-refractivity contribution in [2.45, 2.75) is 155 Å². The van der Waals surface area contributed by atoms with Crippen LogP contribution < -0.4 is 0 Å². The summed E-state index contributed by atoms with van der Waals surface area (Å²) < 4.78 is 0. The zero-order chi connectivity index (χ0) is 21.7. The van der Waals surface area contributed by atoms with Crippen molar-refractivity contribution in [3.8, 4) is 0 Å². The summed E-state index contributed by atoms with van der Waals surface area (Å²) in [4.78, 5) is 5.30. The summed E-state index contributed by atoms with van der Waals surface area (Å²) in [6.07, 6.45) is 33.6. The quantitative estimate of drug-likeness (QED) is 0.161. The molecular formula is C28H56N2. The Kier molecular flexibility index (Phi) is 18.5. The molecule has 1 aliphatic heterocycles. The molecule has 0 aromatic rings. The van der Waals surface area contributed by atoms with E-state index in [1.54, 1.807) is 0 Å². The van der Waals surface area contributed by atoms with E-state index in [0.29, 0.717) is 6.17 Å². The molecule has 2 nitrogen and oxygen atoms in total. The highest BCUT2D eigenvalue weighted by atomic mass is 15.4. The molecule has 178 valence electrons. The smallest absolute Gasteiger partial charge is 0.101 e. The van der Waals surface area contributed by atoms with Crippen molar-refractivity contribution < 1.29 is 0 Å². The van der Waals surface area contributed by atoms with Gasteiger partial charge in [0, 0.05) is 25.5 Å². The first-order valence-corrected chi connectivity index (χ1v) is 14.0. The van der Waals surface area contributed by atoms with Crippen LogP contribution in [0.15, 0.2) is 12.4 Å². The zero-order valence-corrected chi connectivity index (χ0v) is 21.2. The van der Waals surface area contributed by atoms with Crippen LogP contribution in [-0.2, 0) is 0 Å². The summed E-state index contributed by atoms with van der Waals surface area (Å²) in [6, 6.07) is 0. The Morgan fingerprint density at radius 3 is 1.23 bits per heavy atom. The van der Waals surface area contributed by atoms with Crippen molar-refractivity contribution in [2.75, 3.05) is 13.1 Å². The van der Waals surface area contributed by atoms with Crippen LogP contribution in [0.5, 0.6) is 0 Å². The molecule has 0 aliphatic carbocycles. The van der Waals surface area contributed by atoms with Gasteiger partial charge in [-0.25, -0.2) is 0 Å². The van der Waals surface area contributed by atoms with Crippen LogP contribution in [0, 0.1) is 0 Å². The lowest BCUT2D eigenvalue weighted by Crippen LogP contribution is -2.39. The largest absolute Gasteiger partial charge is 0.356 e. The normalized spacial score (nSPS) is 16.2. The van der Waals surface area contributed by atoms with E-state index in [2.05, 4.69) is 43.0 Å². The van der Waals surface area contributed by atoms with Crippen LogP contribution in [-0.4, -0.2) is 29.1 Å². The first-order chi connectivity index (χ1) is 14.8. The second-order valence-corrected chi connectivity index (χ2v) is 9.70. The van der Waals surface area contributed by atoms with Crippen LogP contribution in [0.4, 0.5) is 0 Å². The van der Waals surface area contributed by atoms with E-state index in [1.165, 1.54) is 142 Å². The average Bonchev–Trinajstić information content (AvgIpc) is 3.14. The minimum absolute atomic E-state index is 0.645. The van der Waals surface area contributed by atoms with Gasteiger partial charge in [0.05, 0.1) is 0 Å². The maximum atomic E-state index is 2.65. The number of unbranched alkanes of at least 4 members (excludes halogenated alkanes) is 16. The number of hydrogen-bond acceptors (Lipinski definition) is 2. The molecule has 1 atom stereocenters. The Labute approximate surface area is 190 Å². The maximum Gasteiger partial charge on any atom is 0.101 e.